The molecule has 0 unspecified atom stereocenters. The van der Waals surface area contributed by atoms with Crippen molar-refractivity contribution in [2.45, 2.75) is 11.3 Å². The quantitative estimate of drug-likeness (QED) is 0.463. The molecule has 0 aliphatic heterocycles. The molecule has 2 N–H and O–H groups in total. The monoisotopic (exact) mass is 476 g/mol. The molecule has 0 heterocycles. The highest BCUT2D eigenvalue weighted by molar-refractivity contribution is 9.10. The van der Waals surface area contributed by atoms with E-state index >= 15 is 0 Å². The summed E-state index contributed by atoms with van der Waals surface area (Å²) in [5.74, 6) is 0.492. The standard InChI is InChI=1S/C21H21BrN2O4S/c22-18-6-9-20(10-7-18)29(26,27)24-12-11-21(25)23-13-14-28-19-8-5-16-3-1-2-4-17(16)15-19/h1-10,15,24H,11-14H2,(H,23,25). The molecule has 3 rings (SSSR count). The number of ether oxygens (including phenoxy) is 1. The zero-order chi connectivity index (χ0) is 20.7. The van der Waals surface area contributed by atoms with Gasteiger partial charge in [-0.05, 0) is 47.2 Å². The Morgan fingerprint density at radius 3 is 2.41 bits per heavy atom. The van der Waals surface area contributed by atoms with Crippen LogP contribution in [0.3, 0.4) is 0 Å². The molecule has 152 valence electrons. The van der Waals surface area contributed by atoms with Crippen LogP contribution in [0.5, 0.6) is 5.75 Å². The Hall–Kier alpha value is -2.42. The van der Waals surface area contributed by atoms with Gasteiger partial charge in [0.05, 0.1) is 11.4 Å². The first-order chi connectivity index (χ1) is 13.9. The number of rotatable bonds is 9. The van der Waals surface area contributed by atoms with Crippen LogP contribution in [0.15, 0.2) is 76.1 Å². The molecule has 0 aromatic heterocycles. The number of hydrogen-bond acceptors (Lipinski definition) is 4. The highest BCUT2D eigenvalue weighted by Crippen LogP contribution is 2.20. The predicted molar refractivity (Wildman–Crippen MR) is 116 cm³/mol. The van der Waals surface area contributed by atoms with Crippen LogP contribution < -0.4 is 14.8 Å². The summed E-state index contributed by atoms with van der Waals surface area (Å²) in [6.07, 6.45) is 0.0474. The van der Waals surface area contributed by atoms with Crippen molar-refractivity contribution in [3.63, 3.8) is 0 Å². The molecule has 0 atom stereocenters. The van der Waals surface area contributed by atoms with Crippen LogP contribution >= 0.6 is 15.9 Å². The molecule has 0 fully saturated rings. The van der Waals surface area contributed by atoms with Crippen molar-refractivity contribution >= 4 is 42.6 Å². The van der Waals surface area contributed by atoms with Crippen molar-refractivity contribution in [2.75, 3.05) is 19.7 Å². The normalized spacial score (nSPS) is 11.3. The Bertz CT molecular complexity index is 1090. The smallest absolute Gasteiger partial charge is 0.240 e. The van der Waals surface area contributed by atoms with E-state index in [4.69, 9.17) is 4.74 Å². The van der Waals surface area contributed by atoms with Crippen LogP contribution in [0.2, 0.25) is 0 Å². The first-order valence-corrected chi connectivity index (χ1v) is 11.4. The molecule has 1 amide bonds. The number of amides is 1. The number of halogens is 1. The highest BCUT2D eigenvalue weighted by atomic mass is 79.9. The largest absolute Gasteiger partial charge is 0.492 e. The first kappa shape index (κ1) is 21.3. The van der Waals surface area contributed by atoms with Crippen LogP contribution in [-0.4, -0.2) is 34.0 Å². The third-order valence-electron chi connectivity index (χ3n) is 4.18. The van der Waals surface area contributed by atoms with E-state index in [1.54, 1.807) is 12.1 Å². The number of sulfonamides is 1. The minimum Gasteiger partial charge on any atom is -0.492 e. The molecular weight excluding hydrogens is 456 g/mol. The lowest BCUT2D eigenvalue weighted by Gasteiger charge is -2.09. The molecule has 3 aromatic carbocycles. The second-order valence-electron chi connectivity index (χ2n) is 6.31. The lowest BCUT2D eigenvalue weighted by atomic mass is 10.1. The molecule has 29 heavy (non-hydrogen) atoms. The van der Waals surface area contributed by atoms with E-state index in [1.807, 2.05) is 42.5 Å². The van der Waals surface area contributed by atoms with Crippen LogP contribution in [0.1, 0.15) is 6.42 Å². The topological polar surface area (TPSA) is 84.5 Å². The fourth-order valence-electron chi connectivity index (χ4n) is 2.70. The van der Waals surface area contributed by atoms with Gasteiger partial charge in [0.2, 0.25) is 15.9 Å². The average molecular weight is 477 g/mol. The van der Waals surface area contributed by atoms with E-state index in [2.05, 4.69) is 26.0 Å². The van der Waals surface area contributed by atoms with Gasteiger partial charge >= 0.3 is 0 Å². The van der Waals surface area contributed by atoms with Gasteiger partial charge in [-0.3, -0.25) is 4.79 Å². The predicted octanol–water partition coefficient (Wildman–Crippen LogP) is 3.47. The number of nitrogens with one attached hydrogen (secondary N) is 2. The van der Waals surface area contributed by atoms with E-state index in [0.29, 0.717) is 13.2 Å². The molecule has 0 radical (unpaired) electrons. The minimum atomic E-state index is -3.63. The van der Waals surface area contributed by atoms with Crippen LogP contribution in [0.4, 0.5) is 0 Å². The summed E-state index contributed by atoms with van der Waals surface area (Å²) in [7, 11) is -3.63. The summed E-state index contributed by atoms with van der Waals surface area (Å²) in [5, 5.41) is 4.95. The Labute approximate surface area is 178 Å². The van der Waals surface area contributed by atoms with E-state index < -0.39 is 10.0 Å². The van der Waals surface area contributed by atoms with E-state index in [9.17, 15) is 13.2 Å². The average Bonchev–Trinajstić information content (AvgIpc) is 2.71. The Morgan fingerprint density at radius 2 is 1.66 bits per heavy atom. The fraction of sp³-hybridized carbons (Fsp3) is 0.190. The van der Waals surface area contributed by atoms with E-state index in [1.165, 1.54) is 12.1 Å². The maximum absolute atomic E-state index is 12.2. The van der Waals surface area contributed by atoms with Gasteiger partial charge in [-0.25, -0.2) is 13.1 Å². The molecule has 0 spiro atoms. The maximum Gasteiger partial charge on any atom is 0.240 e. The number of carbonyl (C=O) groups is 1. The van der Waals surface area contributed by atoms with Gasteiger partial charge in [-0.1, -0.05) is 46.3 Å². The number of benzene rings is 3. The van der Waals surface area contributed by atoms with Gasteiger partial charge in [0.15, 0.2) is 0 Å². The summed E-state index contributed by atoms with van der Waals surface area (Å²) in [4.78, 5) is 12.0. The lowest BCUT2D eigenvalue weighted by molar-refractivity contribution is -0.121. The summed E-state index contributed by atoms with van der Waals surface area (Å²) in [5.41, 5.74) is 0. The lowest BCUT2D eigenvalue weighted by Crippen LogP contribution is -2.32. The van der Waals surface area contributed by atoms with Gasteiger partial charge in [-0.2, -0.15) is 0 Å². The van der Waals surface area contributed by atoms with Crippen LogP contribution in [0.25, 0.3) is 10.8 Å². The minimum absolute atomic E-state index is 0.0236. The maximum atomic E-state index is 12.2. The molecule has 0 aliphatic carbocycles. The fourth-order valence-corrected chi connectivity index (χ4v) is 4.00. The van der Waals surface area contributed by atoms with Gasteiger partial charge in [0.1, 0.15) is 12.4 Å². The number of carbonyl (C=O) groups excluding carboxylic acids is 1. The summed E-state index contributed by atoms with van der Waals surface area (Å²) < 4.78 is 33.2. The summed E-state index contributed by atoms with van der Waals surface area (Å²) in [6.45, 7) is 0.690. The molecule has 0 bridgehead atoms. The van der Waals surface area contributed by atoms with Crippen molar-refractivity contribution in [3.05, 3.63) is 71.2 Å². The number of fused-ring (bicyclic) bond motifs is 1. The van der Waals surface area contributed by atoms with Crippen molar-refractivity contribution in [1.29, 1.82) is 0 Å². The van der Waals surface area contributed by atoms with Crippen molar-refractivity contribution < 1.29 is 17.9 Å². The van der Waals surface area contributed by atoms with E-state index in [0.717, 1.165) is 21.0 Å². The summed E-state index contributed by atoms with van der Waals surface area (Å²) in [6, 6.07) is 20.1. The van der Waals surface area contributed by atoms with Crippen LogP contribution in [0, 0.1) is 0 Å². The van der Waals surface area contributed by atoms with Crippen molar-refractivity contribution in [1.82, 2.24) is 10.0 Å². The van der Waals surface area contributed by atoms with Gasteiger partial charge in [-0.15, -0.1) is 0 Å². The number of hydrogen-bond donors (Lipinski definition) is 2. The zero-order valence-electron chi connectivity index (χ0n) is 15.6. The first-order valence-electron chi connectivity index (χ1n) is 9.07. The molecule has 0 aliphatic rings. The zero-order valence-corrected chi connectivity index (χ0v) is 18.0. The third kappa shape index (κ3) is 6.28. The Balaban J connectivity index is 1.37. The SMILES string of the molecule is O=C(CCNS(=O)(=O)c1ccc(Br)cc1)NCCOc1ccc2ccccc2c1. The third-order valence-corrected chi connectivity index (χ3v) is 6.19. The van der Waals surface area contributed by atoms with Crippen molar-refractivity contribution in [2.24, 2.45) is 0 Å². The second-order valence-corrected chi connectivity index (χ2v) is 8.99. The second kappa shape index (κ2) is 9.87. The van der Waals surface area contributed by atoms with Crippen molar-refractivity contribution in [3.8, 4) is 5.75 Å². The van der Waals surface area contributed by atoms with E-state index in [-0.39, 0.29) is 23.8 Å². The molecule has 3 aromatic rings. The van der Waals surface area contributed by atoms with Gasteiger partial charge in [0, 0.05) is 17.4 Å². The van der Waals surface area contributed by atoms with Crippen LogP contribution in [-0.2, 0) is 14.8 Å². The van der Waals surface area contributed by atoms with Gasteiger partial charge in [0.25, 0.3) is 0 Å². The molecule has 0 saturated heterocycles. The molecule has 8 heteroatoms. The van der Waals surface area contributed by atoms with Gasteiger partial charge < -0.3 is 10.1 Å². The molecule has 6 nitrogen and oxygen atoms in total. The summed E-state index contributed by atoms with van der Waals surface area (Å²) >= 11 is 3.26. The Kier molecular flexibility index (Phi) is 7.24. The highest BCUT2D eigenvalue weighted by Gasteiger charge is 2.13. The molecule has 0 saturated carbocycles. The molecular formula is C21H21BrN2O4S. The Morgan fingerprint density at radius 1 is 0.931 bits per heavy atom.